The van der Waals surface area contributed by atoms with Crippen LogP contribution in [0.3, 0.4) is 0 Å². The van der Waals surface area contributed by atoms with Crippen molar-refractivity contribution in [2.24, 2.45) is 10.7 Å². The maximum atomic E-state index is 5.95. The molecular formula is C21H30N4O2. The lowest BCUT2D eigenvalue weighted by molar-refractivity contribution is 0.217. The second kappa shape index (κ2) is 11.1. The highest BCUT2D eigenvalue weighted by atomic mass is 16.5. The van der Waals surface area contributed by atoms with Gasteiger partial charge in [0.15, 0.2) is 17.5 Å². The molecule has 2 rings (SSSR count). The molecule has 0 saturated heterocycles. The normalized spacial score (nSPS) is 11.5. The van der Waals surface area contributed by atoms with E-state index in [0.29, 0.717) is 24.9 Å². The molecule has 0 saturated carbocycles. The minimum Gasteiger partial charge on any atom is -0.493 e. The molecule has 0 aliphatic rings. The van der Waals surface area contributed by atoms with Crippen molar-refractivity contribution in [1.29, 1.82) is 0 Å². The van der Waals surface area contributed by atoms with Crippen molar-refractivity contribution in [3.8, 4) is 11.5 Å². The summed E-state index contributed by atoms with van der Waals surface area (Å²) in [6, 6.07) is 15.6. The molecule has 0 aliphatic heterocycles. The molecule has 2 aromatic carbocycles. The molecule has 2 aromatic rings. The standard InChI is InChI=1S/C21H30N4O2/c1-4-25(5-2)13-14-27-19-12-11-17(15-20(19)26-3)16-23-21(22)24-18-9-7-6-8-10-18/h6-12,15H,4-5,13-14,16H2,1-3H3,(H3,22,23,24). The fourth-order valence-electron chi connectivity index (χ4n) is 2.64. The Bertz CT molecular complexity index is 715. The summed E-state index contributed by atoms with van der Waals surface area (Å²) in [5, 5.41) is 3.07. The fraction of sp³-hybridized carbons (Fsp3) is 0.381. The molecule has 0 aliphatic carbocycles. The lowest BCUT2D eigenvalue weighted by Crippen LogP contribution is -2.27. The second-order valence-electron chi connectivity index (χ2n) is 6.05. The van der Waals surface area contributed by atoms with Gasteiger partial charge in [-0.3, -0.25) is 0 Å². The molecule has 0 heterocycles. The number of nitrogens with zero attached hydrogens (tertiary/aromatic N) is 2. The zero-order valence-corrected chi connectivity index (χ0v) is 16.4. The molecule has 0 unspecified atom stereocenters. The van der Waals surface area contributed by atoms with E-state index in [0.717, 1.165) is 36.6 Å². The number of anilines is 1. The van der Waals surface area contributed by atoms with E-state index in [-0.39, 0.29) is 0 Å². The van der Waals surface area contributed by atoms with Crippen LogP contribution >= 0.6 is 0 Å². The Morgan fingerprint density at radius 3 is 2.48 bits per heavy atom. The van der Waals surface area contributed by atoms with Crippen molar-refractivity contribution < 1.29 is 9.47 Å². The Balaban J connectivity index is 1.93. The predicted octanol–water partition coefficient (Wildman–Crippen LogP) is 3.34. The number of para-hydroxylation sites is 1. The van der Waals surface area contributed by atoms with E-state index >= 15 is 0 Å². The van der Waals surface area contributed by atoms with Crippen LogP contribution in [0, 0.1) is 0 Å². The van der Waals surface area contributed by atoms with Crippen LogP contribution < -0.4 is 20.5 Å². The largest absolute Gasteiger partial charge is 0.493 e. The average Bonchev–Trinajstić information content (AvgIpc) is 2.71. The third-order valence-electron chi connectivity index (χ3n) is 4.27. The van der Waals surface area contributed by atoms with Gasteiger partial charge in [-0.1, -0.05) is 38.1 Å². The first-order chi connectivity index (χ1) is 13.2. The lowest BCUT2D eigenvalue weighted by Gasteiger charge is -2.18. The molecule has 0 amide bonds. The number of guanidine groups is 1. The van der Waals surface area contributed by atoms with E-state index in [2.05, 4.69) is 29.1 Å². The Labute approximate surface area is 162 Å². The first-order valence-electron chi connectivity index (χ1n) is 9.30. The number of benzene rings is 2. The molecule has 0 spiro atoms. The summed E-state index contributed by atoms with van der Waals surface area (Å²) in [5.74, 6) is 1.82. The van der Waals surface area contributed by atoms with Gasteiger partial charge in [-0.2, -0.15) is 0 Å². The molecule has 6 nitrogen and oxygen atoms in total. The van der Waals surface area contributed by atoms with Crippen LogP contribution in [0.25, 0.3) is 0 Å². The van der Waals surface area contributed by atoms with Crippen LogP contribution in [0.4, 0.5) is 5.69 Å². The summed E-state index contributed by atoms with van der Waals surface area (Å²) in [6.45, 7) is 8.32. The van der Waals surface area contributed by atoms with Gasteiger partial charge in [0, 0.05) is 12.2 Å². The Morgan fingerprint density at radius 2 is 1.81 bits per heavy atom. The first-order valence-corrected chi connectivity index (χ1v) is 9.30. The summed E-state index contributed by atoms with van der Waals surface area (Å²) in [6.07, 6.45) is 0. The highest BCUT2D eigenvalue weighted by Gasteiger charge is 2.07. The van der Waals surface area contributed by atoms with Crippen molar-refractivity contribution in [1.82, 2.24) is 4.90 Å². The number of hydrogen-bond donors (Lipinski definition) is 2. The summed E-state index contributed by atoms with van der Waals surface area (Å²) < 4.78 is 11.3. The molecular weight excluding hydrogens is 340 g/mol. The highest BCUT2D eigenvalue weighted by Crippen LogP contribution is 2.28. The molecule has 27 heavy (non-hydrogen) atoms. The zero-order chi connectivity index (χ0) is 19.5. The first kappa shape index (κ1) is 20.6. The van der Waals surface area contributed by atoms with Gasteiger partial charge < -0.3 is 25.4 Å². The lowest BCUT2D eigenvalue weighted by atomic mass is 10.2. The maximum Gasteiger partial charge on any atom is 0.193 e. The van der Waals surface area contributed by atoms with Gasteiger partial charge >= 0.3 is 0 Å². The number of hydrogen-bond acceptors (Lipinski definition) is 4. The van der Waals surface area contributed by atoms with Gasteiger partial charge in [-0.15, -0.1) is 0 Å². The Morgan fingerprint density at radius 1 is 1.07 bits per heavy atom. The maximum absolute atomic E-state index is 5.95. The SMILES string of the molecule is CCN(CC)CCOc1ccc(CN=C(N)Nc2ccccc2)cc1OC. The van der Waals surface area contributed by atoms with Crippen molar-refractivity contribution in [3.05, 3.63) is 54.1 Å². The average molecular weight is 370 g/mol. The van der Waals surface area contributed by atoms with E-state index in [1.165, 1.54) is 0 Å². The molecule has 0 aromatic heterocycles. The quantitative estimate of drug-likeness (QED) is 0.496. The van der Waals surface area contributed by atoms with Gasteiger partial charge in [-0.05, 0) is 42.9 Å². The third-order valence-corrected chi connectivity index (χ3v) is 4.27. The monoisotopic (exact) mass is 370 g/mol. The fourth-order valence-corrected chi connectivity index (χ4v) is 2.64. The van der Waals surface area contributed by atoms with Gasteiger partial charge in [0.05, 0.1) is 13.7 Å². The van der Waals surface area contributed by atoms with Gasteiger partial charge in [0.1, 0.15) is 6.61 Å². The minimum atomic E-state index is 0.375. The molecule has 3 N–H and O–H groups in total. The van der Waals surface area contributed by atoms with E-state index < -0.39 is 0 Å². The number of nitrogens with two attached hydrogens (primary N) is 1. The summed E-state index contributed by atoms with van der Waals surface area (Å²) in [4.78, 5) is 6.70. The predicted molar refractivity (Wildman–Crippen MR) is 112 cm³/mol. The highest BCUT2D eigenvalue weighted by molar-refractivity contribution is 5.92. The minimum absolute atomic E-state index is 0.375. The molecule has 0 atom stereocenters. The molecule has 146 valence electrons. The van der Waals surface area contributed by atoms with Crippen molar-refractivity contribution in [2.45, 2.75) is 20.4 Å². The molecule has 0 bridgehead atoms. The summed E-state index contributed by atoms with van der Waals surface area (Å²) >= 11 is 0. The van der Waals surface area contributed by atoms with Crippen molar-refractivity contribution >= 4 is 11.6 Å². The summed E-state index contributed by atoms with van der Waals surface area (Å²) in [5.41, 5.74) is 7.86. The van der Waals surface area contributed by atoms with Gasteiger partial charge in [0.2, 0.25) is 0 Å². The second-order valence-corrected chi connectivity index (χ2v) is 6.05. The number of nitrogens with one attached hydrogen (secondary N) is 1. The number of rotatable bonds is 10. The van der Waals surface area contributed by atoms with Crippen LogP contribution in [0.5, 0.6) is 11.5 Å². The van der Waals surface area contributed by atoms with Crippen molar-refractivity contribution in [2.75, 3.05) is 38.7 Å². The summed E-state index contributed by atoms with van der Waals surface area (Å²) in [7, 11) is 1.64. The Kier molecular flexibility index (Phi) is 8.45. The number of ether oxygens (including phenoxy) is 2. The van der Waals surface area contributed by atoms with E-state index in [1.807, 2.05) is 48.5 Å². The van der Waals surface area contributed by atoms with E-state index in [4.69, 9.17) is 15.2 Å². The van der Waals surface area contributed by atoms with Crippen LogP contribution in [-0.4, -0.2) is 44.2 Å². The van der Waals surface area contributed by atoms with Gasteiger partial charge in [-0.25, -0.2) is 4.99 Å². The van der Waals surface area contributed by atoms with Crippen molar-refractivity contribution in [3.63, 3.8) is 0 Å². The molecule has 6 heteroatoms. The topological polar surface area (TPSA) is 72.1 Å². The smallest absolute Gasteiger partial charge is 0.193 e. The van der Waals surface area contributed by atoms with Crippen LogP contribution in [0.2, 0.25) is 0 Å². The molecule has 0 radical (unpaired) electrons. The third kappa shape index (κ3) is 6.83. The van der Waals surface area contributed by atoms with E-state index in [1.54, 1.807) is 7.11 Å². The molecule has 0 fully saturated rings. The Hall–Kier alpha value is -2.73. The van der Waals surface area contributed by atoms with Crippen LogP contribution in [-0.2, 0) is 6.54 Å². The van der Waals surface area contributed by atoms with Gasteiger partial charge in [0.25, 0.3) is 0 Å². The number of likely N-dealkylation sites (N-methyl/N-ethyl adjacent to an activating group) is 1. The zero-order valence-electron chi connectivity index (χ0n) is 16.4. The van der Waals surface area contributed by atoms with Crippen LogP contribution in [0.1, 0.15) is 19.4 Å². The number of methoxy groups -OCH3 is 1. The van der Waals surface area contributed by atoms with E-state index in [9.17, 15) is 0 Å². The van der Waals surface area contributed by atoms with Crippen LogP contribution in [0.15, 0.2) is 53.5 Å². The number of aliphatic imine (C=N–C) groups is 1.